The number of carboxylic acids is 1. The summed E-state index contributed by atoms with van der Waals surface area (Å²) in [6.45, 7) is 3.83. The van der Waals surface area contributed by atoms with E-state index in [9.17, 15) is 10.1 Å². The van der Waals surface area contributed by atoms with E-state index in [-0.39, 0.29) is 12.6 Å². The Morgan fingerprint density at radius 3 is 2.78 bits per heavy atom. The summed E-state index contributed by atoms with van der Waals surface area (Å²) in [4.78, 5) is 12.7. The Kier molecular flexibility index (Phi) is 5.17. The third-order valence-corrected chi connectivity index (χ3v) is 3.50. The Morgan fingerprint density at radius 2 is 2.28 bits per heavy atom. The van der Waals surface area contributed by atoms with Crippen molar-refractivity contribution in [2.75, 3.05) is 11.4 Å². The molecule has 96 valence electrons. The van der Waals surface area contributed by atoms with Gasteiger partial charge in [0.15, 0.2) is 0 Å². The zero-order valence-electron chi connectivity index (χ0n) is 10.4. The molecule has 1 atom stereocenters. The zero-order valence-corrected chi connectivity index (χ0v) is 11.9. The van der Waals surface area contributed by atoms with Crippen LogP contribution in [0.15, 0.2) is 22.7 Å². The van der Waals surface area contributed by atoms with Gasteiger partial charge < -0.3 is 10.0 Å². The van der Waals surface area contributed by atoms with E-state index >= 15 is 0 Å². The van der Waals surface area contributed by atoms with Crippen LogP contribution < -0.4 is 4.90 Å². The van der Waals surface area contributed by atoms with Crippen molar-refractivity contribution in [3.63, 3.8) is 0 Å². The average Bonchev–Trinajstić information content (AvgIpc) is 2.34. The van der Waals surface area contributed by atoms with Crippen molar-refractivity contribution in [1.82, 2.24) is 0 Å². The number of halogens is 1. The van der Waals surface area contributed by atoms with Crippen LogP contribution in [0.3, 0.4) is 0 Å². The fraction of sp³-hybridized carbons (Fsp3) is 0.385. The number of nitrogens with zero attached hydrogens (tertiary/aromatic N) is 2. The van der Waals surface area contributed by atoms with Gasteiger partial charge in [0, 0.05) is 10.5 Å². The van der Waals surface area contributed by atoms with E-state index in [0.29, 0.717) is 15.7 Å². The van der Waals surface area contributed by atoms with Gasteiger partial charge in [0.05, 0.1) is 11.3 Å². The number of carboxylic acid groups (broad SMARTS) is 1. The maximum Gasteiger partial charge on any atom is 0.323 e. The number of anilines is 1. The number of rotatable bonds is 5. The normalized spacial score (nSPS) is 11.7. The summed E-state index contributed by atoms with van der Waals surface area (Å²) < 4.78 is 0.682. The van der Waals surface area contributed by atoms with Gasteiger partial charge in [-0.1, -0.05) is 13.0 Å². The molecule has 0 aliphatic heterocycles. The van der Waals surface area contributed by atoms with Crippen LogP contribution in [0.4, 0.5) is 5.69 Å². The summed E-state index contributed by atoms with van der Waals surface area (Å²) in [6, 6.07) is 7.53. The van der Waals surface area contributed by atoms with Crippen molar-refractivity contribution in [1.29, 1.82) is 5.26 Å². The van der Waals surface area contributed by atoms with E-state index in [4.69, 9.17) is 5.11 Å². The summed E-state index contributed by atoms with van der Waals surface area (Å²) in [6.07, 6.45) is 0.810. The lowest BCUT2D eigenvalue weighted by atomic mass is 10.1. The maximum absolute atomic E-state index is 11.0. The van der Waals surface area contributed by atoms with Crippen molar-refractivity contribution in [2.24, 2.45) is 0 Å². The van der Waals surface area contributed by atoms with Gasteiger partial charge >= 0.3 is 5.97 Å². The lowest BCUT2D eigenvalue weighted by Crippen LogP contribution is -2.37. The van der Waals surface area contributed by atoms with Crippen molar-refractivity contribution in [3.8, 4) is 6.07 Å². The summed E-state index contributed by atoms with van der Waals surface area (Å²) in [5.41, 5.74) is 1.13. The van der Waals surface area contributed by atoms with E-state index < -0.39 is 5.97 Å². The molecule has 0 saturated carbocycles. The van der Waals surface area contributed by atoms with E-state index in [1.165, 1.54) is 0 Å². The van der Waals surface area contributed by atoms with Gasteiger partial charge in [0.2, 0.25) is 0 Å². The molecule has 0 spiro atoms. The smallest absolute Gasteiger partial charge is 0.323 e. The van der Waals surface area contributed by atoms with Gasteiger partial charge in [-0.3, -0.25) is 4.79 Å². The molecular formula is C13H15BrN2O2. The second-order valence-electron chi connectivity index (χ2n) is 4.02. The molecule has 0 aliphatic carbocycles. The van der Waals surface area contributed by atoms with Crippen LogP contribution in [-0.4, -0.2) is 23.7 Å². The highest BCUT2D eigenvalue weighted by Crippen LogP contribution is 2.28. The van der Waals surface area contributed by atoms with E-state index in [0.717, 1.165) is 6.42 Å². The van der Waals surface area contributed by atoms with Crippen molar-refractivity contribution in [3.05, 3.63) is 28.2 Å². The summed E-state index contributed by atoms with van der Waals surface area (Å²) in [5.74, 6) is -0.904. The number of benzene rings is 1. The highest BCUT2D eigenvalue weighted by Gasteiger charge is 2.20. The lowest BCUT2D eigenvalue weighted by molar-refractivity contribution is -0.135. The van der Waals surface area contributed by atoms with Crippen molar-refractivity contribution in [2.45, 2.75) is 26.3 Å². The molecule has 1 aromatic carbocycles. The van der Waals surface area contributed by atoms with Crippen LogP contribution in [0.25, 0.3) is 0 Å². The molecule has 1 N–H and O–H groups in total. The Balaban J connectivity index is 3.25. The van der Waals surface area contributed by atoms with E-state index in [1.54, 1.807) is 23.1 Å². The highest BCUT2D eigenvalue weighted by molar-refractivity contribution is 9.10. The molecule has 4 nitrogen and oxygen atoms in total. The van der Waals surface area contributed by atoms with Gasteiger partial charge in [0.1, 0.15) is 12.6 Å². The van der Waals surface area contributed by atoms with Gasteiger partial charge in [0.25, 0.3) is 0 Å². The average molecular weight is 311 g/mol. The SMILES string of the molecule is CCC(C)N(CC(=O)O)c1cccc(Br)c1C#N. The molecule has 5 heteroatoms. The van der Waals surface area contributed by atoms with Gasteiger partial charge in [-0.15, -0.1) is 0 Å². The first-order valence-electron chi connectivity index (χ1n) is 5.68. The quantitative estimate of drug-likeness (QED) is 0.908. The second kappa shape index (κ2) is 6.41. The van der Waals surface area contributed by atoms with E-state index in [2.05, 4.69) is 22.0 Å². The molecule has 1 rings (SSSR count). The first-order chi connectivity index (χ1) is 8.51. The monoisotopic (exact) mass is 310 g/mol. The Hall–Kier alpha value is -1.54. The summed E-state index contributed by atoms with van der Waals surface area (Å²) >= 11 is 3.32. The zero-order chi connectivity index (χ0) is 13.7. The number of nitriles is 1. The van der Waals surface area contributed by atoms with Crippen molar-refractivity contribution < 1.29 is 9.90 Å². The van der Waals surface area contributed by atoms with Crippen LogP contribution in [0.1, 0.15) is 25.8 Å². The molecule has 0 saturated heterocycles. The summed E-state index contributed by atoms with van der Waals surface area (Å²) in [5, 5.41) is 18.2. The van der Waals surface area contributed by atoms with Gasteiger partial charge in [-0.05, 0) is 41.4 Å². The Bertz CT molecular complexity index is 482. The Labute approximate surface area is 115 Å². The number of carbonyl (C=O) groups is 1. The number of aliphatic carboxylic acids is 1. The minimum absolute atomic E-state index is 0.0579. The fourth-order valence-corrected chi connectivity index (χ4v) is 2.15. The lowest BCUT2D eigenvalue weighted by Gasteiger charge is -2.30. The first-order valence-corrected chi connectivity index (χ1v) is 6.47. The van der Waals surface area contributed by atoms with Crippen LogP contribution in [0.2, 0.25) is 0 Å². The predicted molar refractivity (Wildman–Crippen MR) is 73.6 cm³/mol. The molecule has 0 amide bonds. The summed E-state index contributed by atoms with van der Waals surface area (Å²) in [7, 11) is 0. The molecular weight excluding hydrogens is 296 g/mol. The standard InChI is InChI=1S/C13H15BrN2O2/c1-3-9(2)16(8-13(17)18)12-6-4-5-11(14)10(12)7-15/h4-6,9H,3,8H2,1-2H3,(H,17,18). The highest BCUT2D eigenvalue weighted by atomic mass is 79.9. The number of hydrogen-bond donors (Lipinski definition) is 1. The predicted octanol–water partition coefficient (Wildman–Crippen LogP) is 3.01. The molecule has 0 aromatic heterocycles. The van der Waals surface area contributed by atoms with Crippen LogP contribution >= 0.6 is 15.9 Å². The molecule has 18 heavy (non-hydrogen) atoms. The third-order valence-electron chi connectivity index (χ3n) is 2.84. The first kappa shape index (κ1) is 14.5. The molecule has 0 fully saturated rings. The minimum atomic E-state index is -0.904. The molecule has 0 radical (unpaired) electrons. The van der Waals surface area contributed by atoms with Crippen LogP contribution in [0.5, 0.6) is 0 Å². The van der Waals surface area contributed by atoms with Crippen molar-refractivity contribution >= 4 is 27.6 Å². The molecule has 0 heterocycles. The van der Waals surface area contributed by atoms with E-state index in [1.807, 2.05) is 13.8 Å². The molecule has 1 unspecified atom stereocenters. The molecule has 1 aromatic rings. The van der Waals surface area contributed by atoms with Gasteiger partial charge in [-0.2, -0.15) is 5.26 Å². The largest absolute Gasteiger partial charge is 0.480 e. The van der Waals surface area contributed by atoms with Crippen LogP contribution in [0, 0.1) is 11.3 Å². The van der Waals surface area contributed by atoms with Crippen LogP contribution in [-0.2, 0) is 4.79 Å². The van der Waals surface area contributed by atoms with Gasteiger partial charge in [-0.25, -0.2) is 0 Å². The number of hydrogen-bond acceptors (Lipinski definition) is 3. The Morgan fingerprint density at radius 1 is 1.61 bits per heavy atom. The maximum atomic E-state index is 11.0. The minimum Gasteiger partial charge on any atom is -0.480 e. The third kappa shape index (κ3) is 3.23. The fourth-order valence-electron chi connectivity index (χ4n) is 1.71. The second-order valence-corrected chi connectivity index (χ2v) is 4.88. The molecule has 0 bridgehead atoms. The molecule has 0 aliphatic rings. The topological polar surface area (TPSA) is 64.3 Å².